The summed E-state index contributed by atoms with van der Waals surface area (Å²) in [6, 6.07) is 12.8. The van der Waals surface area contributed by atoms with E-state index in [1.54, 1.807) is 0 Å². The largest absolute Gasteiger partial charge is 0.399 e. The van der Waals surface area contributed by atoms with Crippen molar-refractivity contribution in [2.45, 2.75) is 37.6 Å². The summed E-state index contributed by atoms with van der Waals surface area (Å²) in [5, 5.41) is 5.45. The molecule has 28 heavy (non-hydrogen) atoms. The van der Waals surface area contributed by atoms with Crippen molar-refractivity contribution in [1.82, 2.24) is 14.7 Å². The molecule has 5 rings (SSSR count). The maximum absolute atomic E-state index is 12.0. The quantitative estimate of drug-likeness (QED) is 0.673. The van der Waals surface area contributed by atoms with Crippen molar-refractivity contribution in [3.8, 4) is 11.1 Å². The van der Waals surface area contributed by atoms with Crippen molar-refractivity contribution >= 4 is 28.3 Å². The molecule has 4 N–H and O–H groups in total. The maximum Gasteiger partial charge on any atom is 0.222 e. The molecule has 0 spiro atoms. The average Bonchev–Trinajstić information content (AvgIpc) is 3.21. The lowest BCUT2D eigenvalue weighted by atomic mass is 9.83. The van der Waals surface area contributed by atoms with E-state index in [-0.39, 0.29) is 0 Å². The lowest BCUT2D eigenvalue weighted by Gasteiger charge is -2.35. The molecule has 2 fully saturated rings. The van der Waals surface area contributed by atoms with Gasteiger partial charge in [-0.05, 0) is 66.1 Å². The fourth-order valence-corrected chi connectivity index (χ4v) is 4.95. The molecule has 6 heteroatoms. The molecule has 144 valence electrons. The number of aryl methyl sites for hydroxylation is 1. The second-order valence-electron chi connectivity index (χ2n) is 8.09. The van der Waals surface area contributed by atoms with Crippen molar-refractivity contribution in [2.24, 2.45) is 7.05 Å². The number of nitrogens with two attached hydrogens (primary N) is 2. The van der Waals surface area contributed by atoms with Crippen LogP contribution in [0.2, 0.25) is 0 Å². The highest BCUT2D eigenvalue weighted by Gasteiger charge is 2.37. The van der Waals surface area contributed by atoms with Crippen LogP contribution >= 0.6 is 0 Å². The van der Waals surface area contributed by atoms with Crippen LogP contribution in [0.15, 0.2) is 36.4 Å². The van der Waals surface area contributed by atoms with Gasteiger partial charge >= 0.3 is 0 Å². The first-order valence-corrected chi connectivity index (χ1v) is 9.93. The number of hydrogen-bond donors (Lipinski definition) is 2. The minimum Gasteiger partial charge on any atom is -0.399 e. The number of anilines is 2. The van der Waals surface area contributed by atoms with Crippen molar-refractivity contribution in [3.63, 3.8) is 0 Å². The molecule has 1 aromatic heterocycles. The average molecular weight is 375 g/mol. The van der Waals surface area contributed by atoms with Crippen LogP contribution < -0.4 is 11.5 Å². The highest BCUT2D eigenvalue weighted by Crippen LogP contribution is 2.41. The standard InChI is InChI=1S/C22H25N5O/c1-26-19-12-15(14-8-9-27-17(10-14)6-7-20(27)28)11-18(21(19)22(24)25-26)13-2-4-16(23)5-3-13/h2-5,11-12,14,17H,6-10,23H2,1H3,(H2,24,25)/t14-,17+/m0/s1. The third-order valence-electron chi connectivity index (χ3n) is 6.42. The van der Waals surface area contributed by atoms with Crippen molar-refractivity contribution in [3.05, 3.63) is 42.0 Å². The first kappa shape index (κ1) is 17.1. The van der Waals surface area contributed by atoms with Crippen molar-refractivity contribution in [1.29, 1.82) is 0 Å². The molecule has 0 saturated carbocycles. The van der Waals surface area contributed by atoms with Crippen molar-refractivity contribution in [2.75, 3.05) is 18.0 Å². The summed E-state index contributed by atoms with van der Waals surface area (Å²) in [7, 11) is 1.94. The van der Waals surface area contributed by atoms with E-state index < -0.39 is 0 Å². The number of nitrogen functional groups attached to an aromatic ring is 2. The van der Waals surface area contributed by atoms with Crippen LogP contribution in [0.5, 0.6) is 0 Å². The fourth-order valence-electron chi connectivity index (χ4n) is 4.95. The van der Waals surface area contributed by atoms with E-state index in [2.05, 4.69) is 22.1 Å². The maximum atomic E-state index is 12.0. The zero-order chi connectivity index (χ0) is 19.4. The highest BCUT2D eigenvalue weighted by molar-refractivity contribution is 6.02. The molecule has 0 radical (unpaired) electrons. The topological polar surface area (TPSA) is 90.2 Å². The van der Waals surface area contributed by atoms with Crippen LogP contribution in [0.3, 0.4) is 0 Å². The number of aromatic nitrogens is 2. The Morgan fingerprint density at radius 1 is 1.11 bits per heavy atom. The summed E-state index contributed by atoms with van der Waals surface area (Å²) >= 11 is 0. The van der Waals surface area contributed by atoms with E-state index in [9.17, 15) is 4.79 Å². The van der Waals surface area contributed by atoms with Gasteiger partial charge in [-0.1, -0.05) is 12.1 Å². The van der Waals surface area contributed by atoms with E-state index in [0.29, 0.717) is 30.1 Å². The molecule has 2 aliphatic heterocycles. The SMILES string of the molecule is Cn1nc(N)c2c(-c3ccc(N)cc3)cc([C@H]3CCN4C(=O)CC[C@@H]4C3)cc21. The summed E-state index contributed by atoms with van der Waals surface area (Å²) in [5.74, 6) is 1.31. The van der Waals surface area contributed by atoms with Gasteiger partial charge in [0.05, 0.1) is 10.9 Å². The first-order valence-electron chi connectivity index (χ1n) is 9.93. The molecule has 0 unspecified atom stereocenters. The summed E-state index contributed by atoms with van der Waals surface area (Å²) in [5.41, 5.74) is 17.4. The fraction of sp³-hybridized carbons (Fsp3) is 0.364. The molecule has 2 atom stereocenters. The minimum absolute atomic E-state index is 0.320. The molecule has 0 aliphatic carbocycles. The van der Waals surface area contributed by atoms with Crippen molar-refractivity contribution < 1.29 is 4.79 Å². The number of rotatable bonds is 2. The van der Waals surface area contributed by atoms with Gasteiger partial charge in [0, 0.05) is 31.7 Å². The Labute approximate surface area is 164 Å². The van der Waals surface area contributed by atoms with Gasteiger partial charge in [0.15, 0.2) is 5.82 Å². The molecule has 2 aromatic carbocycles. The van der Waals surface area contributed by atoms with Gasteiger partial charge in [0.1, 0.15) is 0 Å². The third kappa shape index (κ3) is 2.63. The number of piperidine rings is 1. The Morgan fingerprint density at radius 2 is 1.89 bits per heavy atom. The third-order valence-corrected chi connectivity index (χ3v) is 6.42. The number of carbonyl (C=O) groups is 1. The van der Waals surface area contributed by atoms with Gasteiger partial charge in [-0.15, -0.1) is 0 Å². The number of hydrogen-bond acceptors (Lipinski definition) is 4. The monoisotopic (exact) mass is 375 g/mol. The highest BCUT2D eigenvalue weighted by atomic mass is 16.2. The Balaban J connectivity index is 1.61. The van der Waals surface area contributed by atoms with Gasteiger partial charge in [0.25, 0.3) is 0 Å². The second kappa shape index (κ2) is 6.26. The van der Waals surface area contributed by atoms with Crippen LogP contribution in [-0.4, -0.2) is 33.2 Å². The number of amides is 1. The van der Waals surface area contributed by atoms with Gasteiger partial charge in [-0.2, -0.15) is 5.10 Å². The van der Waals surface area contributed by atoms with Crippen LogP contribution in [0, 0.1) is 0 Å². The van der Waals surface area contributed by atoms with E-state index >= 15 is 0 Å². The molecule has 6 nitrogen and oxygen atoms in total. The molecule has 2 saturated heterocycles. The summed E-state index contributed by atoms with van der Waals surface area (Å²) in [6.07, 6.45) is 3.72. The van der Waals surface area contributed by atoms with Crippen LogP contribution in [-0.2, 0) is 11.8 Å². The van der Waals surface area contributed by atoms with Crippen LogP contribution in [0.1, 0.15) is 37.2 Å². The van der Waals surface area contributed by atoms with E-state index in [4.69, 9.17) is 11.5 Å². The summed E-state index contributed by atoms with van der Waals surface area (Å²) < 4.78 is 1.86. The Morgan fingerprint density at radius 3 is 2.68 bits per heavy atom. The number of fused-ring (bicyclic) bond motifs is 2. The Kier molecular flexibility index (Phi) is 3.82. The number of nitrogens with zero attached hydrogens (tertiary/aromatic N) is 3. The van der Waals surface area contributed by atoms with Crippen LogP contribution in [0.25, 0.3) is 22.0 Å². The van der Waals surface area contributed by atoms with Gasteiger partial charge in [-0.25, -0.2) is 0 Å². The molecule has 1 amide bonds. The molecular formula is C22H25N5O. The normalized spacial score (nSPS) is 22.0. The summed E-state index contributed by atoms with van der Waals surface area (Å²) in [6.45, 7) is 0.858. The molecule has 3 heterocycles. The lowest BCUT2D eigenvalue weighted by Crippen LogP contribution is -2.39. The molecule has 3 aromatic rings. The molecule has 2 aliphatic rings. The smallest absolute Gasteiger partial charge is 0.222 e. The van der Waals surface area contributed by atoms with Gasteiger partial charge < -0.3 is 16.4 Å². The molecular weight excluding hydrogens is 350 g/mol. The lowest BCUT2D eigenvalue weighted by molar-refractivity contribution is -0.129. The van der Waals surface area contributed by atoms with Crippen LogP contribution in [0.4, 0.5) is 11.5 Å². The predicted octanol–water partition coefficient (Wildman–Crippen LogP) is 3.27. The number of benzene rings is 2. The Bertz CT molecular complexity index is 1070. The van der Waals surface area contributed by atoms with E-state index in [0.717, 1.165) is 53.5 Å². The van der Waals surface area contributed by atoms with E-state index in [1.165, 1.54) is 5.56 Å². The minimum atomic E-state index is 0.320. The van der Waals surface area contributed by atoms with Gasteiger partial charge in [0.2, 0.25) is 5.91 Å². The predicted molar refractivity (Wildman–Crippen MR) is 112 cm³/mol. The van der Waals surface area contributed by atoms with Gasteiger partial charge in [-0.3, -0.25) is 9.48 Å². The second-order valence-corrected chi connectivity index (χ2v) is 8.09. The van der Waals surface area contributed by atoms with E-state index in [1.807, 2.05) is 36.0 Å². The summed E-state index contributed by atoms with van der Waals surface area (Å²) in [4.78, 5) is 14.1. The Hall–Kier alpha value is -3.02. The molecule has 0 bridgehead atoms. The zero-order valence-corrected chi connectivity index (χ0v) is 16.1. The first-order chi connectivity index (χ1) is 13.5. The zero-order valence-electron chi connectivity index (χ0n) is 16.1. The number of carbonyl (C=O) groups excluding carboxylic acids is 1.